The molecule has 2 saturated heterocycles. The molecule has 114 valence electrons. The minimum atomic E-state index is -0.108. The molecule has 1 N–H and O–H groups in total. The van der Waals surface area contributed by atoms with Crippen LogP contribution in [-0.4, -0.2) is 51.0 Å². The van der Waals surface area contributed by atoms with E-state index in [9.17, 15) is 4.79 Å². The number of nitrogens with zero attached hydrogens (tertiary/aromatic N) is 4. The average molecular weight is 297 g/mol. The molecule has 2 aliphatic heterocycles. The molecule has 22 heavy (non-hydrogen) atoms. The Kier molecular flexibility index (Phi) is 3.18. The molecule has 0 radical (unpaired) electrons. The van der Waals surface area contributed by atoms with Crippen LogP contribution >= 0.6 is 0 Å². The molecular weight excluding hydrogens is 278 g/mol. The van der Waals surface area contributed by atoms with Gasteiger partial charge < -0.3 is 10.2 Å². The number of nitrogens with one attached hydrogen (secondary N) is 1. The molecule has 0 spiro atoms. The zero-order chi connectivity index (χ0) is 15.0. The van der Waals surface area contributed by atoms with E-state index in [1.54, 1.807) is 10.9 Å². The topological polar surface area (TPSA) is 63.1 Å². The third-order valence-corrected chi connectivity index (χ3v) is 4.68. The van der Waals surface area contributed by atoms with Crippen LogP contribution in [0.3, 0.4) is 0 Å². The normalized spacial score (nSPS) is 26.3. The molecule has 2 aliphatic rings. The van der Waals surface area contributed by atoms with Crippen molar-refractivity contribution in [1.29, 1.82) is 0 Å². The van der Waals surface area contributed by atoms with Gasteiger partial charge in [0.05, 0.1) is 18.3 Å². The fraction of sp³-hybridized carbons (Fsp3) is 0.438. The molecule has 0 aliphatic carbocycles. The Hall–Kier alpha value is -2.21. The second kappa shape index (κ2) is 5.21. The van der Waals surface area contributed by atoms with Crippen LogP contribution in [0.2, 0.25) is 0 Å². The number of piperidine rings is 1. The van der Waals surface area contributed by atoms with Gasteiger partial charge in [0.1, 0.15) is 0 Å². The van der Waals surface area contributed by atoms with Crippen molar-refractivity contribution in [3.05, 3.63) is 47.8 Å². The summed E-state index contributed by atoms with van der Waals surface area (Å²) in [6.45, 7) is 3.76. The van der Waals surface area contributed by atoms with Crippen molar-refractivity contribution < 1.29 is 4.79 Å². The monoisotopic (exact) mass is 297 g/mol. The molecule has 4 rings (SSSR count). The summed E-state index contributed by atoms with van der Waals surface area (Å²) in [7, 11) is 0. The zero-order valence-corrected chi connectivity index (χ0v) is 12.4. The predicted octanol–water partition coefficient (Wildman–Crippen LogP) is 0.904. The number of benzene rings is 1. The smallest absolute Gasteiger partial charge is 0.273 e. The Morgan fingerprint density at radius 2 is 2.00 bits per heavy atom. The van der Waals surface area contributed by atoms with E-state index in [2.05, 4.69) is 20.5 Å². The largest absolute Gasteiger partial charge is 0.344 e. The number of carbonyl (C=O) groups is 1. The minimum absolute atomic E-state index is 0.0414. The molecule has 2 fully saturated rings. The number of fused-ring (bicyclic) bond motifs is 2. The Bertz CT molecular complexity index is 673. The zero-order valence-electron chi connectivity index (χ0n) is 12.4. The van der Waals surface area contributed by atoms with Gasteiger partial charge in [-0.05, 0) is 18.4 Å². The second-order valence-corrected chi connectivity index (χ2v) is 6.30. The van der Waals surface area contributed by atoms with E-state index < -0.39 is 0 Å². The van der Waals surface area contributed by atoms with Gasteiger partial charge in [-0.15, -0.1) is 5.10 Å². The van der Waals surface area contributed by atoms with E-state index in [-0.39, 0.29) is 11.4 Å². The number of hydrogen-bond acceptors (Lipinski definition) is 4. The van der Waals surface area contributed by atoms with E-state index in [1.165, 1.54) is 0 Å². The summed E-state index contributed by atoms with van der Waals surface area (Å²) in [6, 6.07) is 10.0. The van der Waals surface area contributed by atoms with E-state index in [1.807, 2.05) is 30.3 Å². The molecule has 0 saturated carbocycles. The first kappa shape index (κ1) is 13.5. The summed E-state index contributed by atoms with van der Waals surface area (Å²) < 4.78 is 1.71. The number of rotatable bonds is 4. The van der Waals surface area contributed by atoms with Crippen LogP contribution in [0.15, 0.2) is 36.5 Å². The van der Waals surface area contributed by atoms with E-state index in [0.29, 0.717) is 12.2 Å². The first-order valence-corrected chi connectivity index (χ1v) is 7.71. The van der Waals surface area contributed by atoms with Crippen molar-refractivity contribution in [2.45, 2.75) is 24.9 Å². The highest BCUT2D eigenvalue weighted by Crippen LogP contribution is 2.32. The number of aromatic nitrogens is 3. The molecule has 2 bridgehead atoms. The van der Waals surface area contributed by atoms with Crippen molar-refractivity contribution in [1.82, 2.24) is 25.2 Å². The lowest BCUT2D eigenvalue weighted by molar-refractivity contribution is 0.0902. The SMILES string of the molecule is O=C(NC12CCN(CC1)C2)c1cn(Cc2ccccc2)nn1. The Morgan fingerprint density at radius 3 is 2.68 bits per heavy atom. The van der Waals surface area contributed by atoms with Crippen molar-refractivity contribution in [3.63, 3.8) is 0 Å². The maximum absolute atomic E-state index is 12.4. The molecule has 3 heterocycles. The van der Waals surface area contributed by atoms with Crippen LogP contribution in [0.25, 0.3) is 0 Å². The highest BCUT2D eigenvalue weighted by atomic mass is 16.2. The first-order valence-electron chi connectivity index (χ1n) is 7.71. The van der Waals surface area contributed by atoms with Gasteiger partial charge in [-0.1, -0.05) is 35.5 Å². The maximum Gasteiger partial charge on any atom is 0.273 e. The Balaban J connectivity index is 1.44. The fourth-order valence-corrected chi connectivity index (χ4v) is 3.44. The Morgan fingerprint density at radius 1 is 1.23 bits per heavy atom. The molecule has 1 aromatic carbocycles. The van der Waals surface area contributed by atoms with Crippen LogP contribution in [0.4, 0.5) is 0 Å². The third kappa shape index (κ3) is 2.50. The molecule has 6 heteroatoms. The van der Waals surface area contributed by atoms with Gasteiger partial charge in [0.25, 0.3) is 5.91 Å². The van der Waals surface area contributed by atoms with Crippen LogP contribution in [-0.2, 0) is 6.54 Å². The molecule has 0 atom stereocenters. The van der Waals surface area contributed by atoms with Gasteiger partial charge >= 0.3 is 0 Å². The molecule has 1 aromatic heterocycles. The van der Waals surface area contributed by atoms with Gasteiger partial charge in [0, 0.05) is 19.6 Å². The van der Waals surface area contributed by atoms with E-state index in [0.717, 1.165) is 38.0 Å². The summed E-state index contributed by atoms with van der Waals surface area (Å²) in [6.07, 6.45) is 3.80. The van der Waals surface area contributed by atoms with E-state index >= 15 is 0 Å². The predicted molar refractivity (Wildman–Crippen MR) is 81.4 cm³/mol. The molecule has 1 amide bonds. The average Bonchev–Trinajstić information content (AvgIpc) is 3.23. The van der Waals surface area contributed by atoms with Crippen molar-refractivity contribution >= 4 is 5.91 Å². The summed E-state index contributed by atoms with van der Waals surface area (Å²) in [5.74, 6) is -0.108. The fourth-order valence-electron chi connectivity index (χ4n) is 3.44. The summed E-state index contributed by atoms with van der Waals surface area (Å²) >= 11 is 0. The van der Waals surface area contributed by atoms with Crippen molar-refractivity contribution in [3.8, 4) is 0 Å². The highest BCUT2D eigenvalue weighted by molar-refractivity contribution is 5.92. The lowest BCUT2D eigenvalue weighted by atomic mass is 9.95. The number of carbonyl (C=O) groups excluding carboxylic acids is 1. The van der Waals surface area contributed by atoms with Gasteiger partial charge in [-0.25, -0.2) is 4.68 Å². The molecule has 0 unspecified atom stereocenters. The third-order valence-electron chi connectivity index (χ3n) is 4.68. The maximum atomic E-state index is 12.4. The van der Waals surface area contributed by atoms with E-state index in [4.69, 9.17) is 0 Å². The van der Waals surface area contributed by atoms with Gasteiger partial charge in [0.2, 0.25) is 0 Å². The van der Waals surface area contributed by atoms with Crippen molar-refractivity contribution in [2.24, 2.45) is 0 Å². The second-order valence-electron chi connectivity index (χ2n) is 6.30. The van der Waals surface area contributed by atoms with Gasteiger partial charge in [-0.3, -0.25) is 4.79 Å². The van der Waals surface area contributed by atoms with Gasteiger partial charge in [0.15, 0.2) is 5.69 Å². The molecule has 6 nitrogen and oxygen atoms in total. The van der Waals surface area contributed by atoms with Gasteiger partial charge in [-0.2, -0.15) is 0 Å². The highest BCUT2D eigenvalue weighted by Gasteiger charge is 2.44. The number of hydrogen-bond donors (Lipinski definition) is 1. The summed E-state index contributed by atoms with van der Waals surface area (Å²) in [4.78, 5) is 14.8. The molecular formula is C16H19N5O. The summed E-state index contributed by atoms with van der Waals surface area (Å²) in [5.41, 5.74) is 1.50. The lowest BCUT2D eigenvalue weighted by Crippen LogP contribution is -2.47. The standard InChI is InChI=1S/C16H19N5O/c22-15(17-16-6-8-20(12-16)9-7-16)14-11-21(19-18-14)10-13-4-2-1-3-5-13/h1-5,11H,6-10,12H2,(H,17,22). The van der Waals surface area contributed by atoms with Crippen LogP contribution < -0.4 is 5.32 Å². The number of amides is 1. The van der Waals surface area contributed by atoms with Crippen LogP contribution in [0.1, 0.15) is 28.9 Å². The first-order chi connectivity index (χ1) is 10.7. The Labute approximate surface area is 129 Å². The minimum Gasteiger partial charge on any atom is -0.344 e. The molecule has 2 aromatic rings. The van der Waals surface area contributed by atoms with Crippen LogP contribution in [0.5, 0.6) is 0 Å². The van der Waals surface area contributed by atoms with Crippen molar-refractivity contribution in [2.75, 3.05) is 19.6 Å². The quantitative estimate of drug-likeness (QED) is 0.911. The summed E-state index contributed by atoms with van der Waals surface area (Å²) in [5, 5.41) is 11.3. The lowest BCUT2D eigenvalue weighted by Gasteiger charge is -2.26. The van der Waals surface area contributed by atoms with Crippen LogP contribution in [0, 0.1) is 0 Å².